The van der Waals surface area contributed by atoms with Crippen molar-refractivity contribution < 1.29 is 14.2 Å². The van der Waals surface area contributed by atoms with Crippen molar-refractivity contribution in [1.29, 1.82) is 0 Å². The Balaban J connectivity index is 1.02. The van der Waals surface area contributed by atoms with Gasteiger partial charge in [-0.15, -0.1) is 0 Å². The highest BCUT2D eigenvalue weighted by Gasteiger charge is 2.55. The lowest BCUT2D eigenvalue weighted by atomic mass is 9.53. The van der Waals surface area contributed by atoms with Gasteiger partial charge in [0.25, 0.3) is 0 Å². The molecule has 0 aliphatic heterocycles. The van der Waals surface area contributed by atoms with Gasteiger partial charge in [-0.3, -0.25) is 0 Å². The van der Waals surface area contributed by atoms with Gasteiger partial charge in [0.05, 0.1) is 23.7 Å². The maximum absolute atomic E-state index is 7.39. The molecule has 8 aromatic rings. The van der Waals surface area contributed by atoms with Gasteiger partial charge in [-0.05, 0) is 160 Å². The summed E-state index contributed by atoms with van der Waals surface area (Å²) < 4.78 is 20.9. The molecule has 0 spiro atoms. The first kappa shape index (κ1) is 44.8. The van der Waals surface area contributed by atoms with Crippen LogP contribution in [0, 0.1) is 5.41 Å². The summed E-state index contributed by atoms with van der Waals surface area (Å²) >= 11 is 0. The molecule has 2 aliphatic rings. The van der Waals surface area contributed by atoms with Crippen molar-refractivity contribution in [3.05, 3.63) is 203 Å². The van der Waals surface area contributed by atoms with E-state index in [-0.39, 0.29) is 22.5 Å². The van der Waals surface area contributed by atoms with Gasteiger partial charge >= 0.3 is 0 Å². The first-order chi connectivity index (χ1) is 32.5. The number of unbranched alkanes of at least 4 members (excludes halogenated alkanes) is 2. The average molecular weight is 883 g/mol. The fourth-order valence-electron chi connectivity index (χ4n) is 12.1. The van der Waals surface area contributed by atoms with Gasteiger partial charge in [-0.25, -0.2) is 0 Å². The molecule has 0 N–H and O–H groups in total. The Kier molecular flexibility index (Phi) is 12.0. The van der Waals surface area contributed by atoms with Crippen molar-refractivity contribution in [2.45, 2.75) is 116 Å². The summed E-state index contributed by atoms with van der Waals surface area (Å²) in [5.41, 5.74) is 11.1. The second kappa shape index (κ2) is 17.9. The molecular weight excluding hydrogens is 817 g/mol. The Morgan fingerprint density at radius 3 is 1.54 bits per heavy atom. The molecule has 10 rings (SSSR count). The normalized spacial score (nSPS) is 18.6. The van der Waals surface area contributed by atoms with Gasteiger partial charge in [-0.1, -0.05) is 175 Å². The lowest BCUT2D eigenvalue weighted by molar-refractivity contribution is -0.117. The summed E-state index contributed by atoms with van der Waals surface area (Å²) in [7, 11) is 0. The lowest BCUT2D eigenvalue weighted by Crippen LogP contribution is -2.44. The van der Waals surface area contributed by atoms with E-state index in [1.807, 2.05) is 0 Å². The Morgan fingerprint density at radius 1 is 0.478 bits per heavy atom. The van der Waals surface area contributed by atoms with E-state index in [0.717, 1.165) is 66.7 Å². The van der Waals surface area contributed by atoms with Crippen molar-refractivity contribution in [1.82, 2.24) is 0 Å². The summed E-state index contributed by atoms with van der Waals surface area (Å²) in [6.45, 7) is 16.5. The molecule has 2 aliphatic carbocycles. The molecule has 0 bridgehead atoms. The van der Waals surface area contributed by atoms with E-state index in [9.17, 15) is 0 Å². The molecule has 340 valence electrons. The Labute approximate surface area is 399 Å². The molecule has 0 aromatic heterocycles. The zero-order valence-electron chi connectivity index (χ0n) is 40.6. The van der Waals surface area contributed by atoms with Crippen LogP contribution in [0.4, 0.5) is 0 Å². The minimum Gasteiger partial charge on any atom is -0.457 e. The predicted octanol–water partition coefficient (Wildman–Crippen LogP) is 17.4. The summed E-state index contributed by atoms with van der Waals surface area (Å²) in [6, 6.07) is 62.7. The largest absolute Gasteiger partial charge is 0.457 e. The SMILES string of the molecule is CCCCC(C)(C)OC(C)COC1(c2ccc(Oc3ccc(C4(C(C)(CC)CCCC)c5ccccc5-c5cc6ccccc6cc54)cc3)cc2)c2ccccc2-c2cc3ccccc3cc21. The lowest BCUT2D eigenvalue weighted by Gasteiger charge is -2.49. The molecule has 3 nitrogen and oxygen atoms in total. The third-order valence-electron chi connectivity index (χ3n) is 15.5. The predicted molar refractivity (Wildman–Crippen MR) is 280 cm³/mol. The van der Waals surface area contributed by atoms with Crippen LogP contribution in [0.15, 0.2) is 170 Å². The van der Waals surface area contributed by atoms with Crippen LogP contribution < -0.4 is 4.74 Å². The molecular formula is C64H66O3. The van der Waals surface area contributed by atoms with E-state index in [2.05, 4.69) is 218 Å². The first-order valence-corrected chi connectivity index (χ1v) is 25.0. The maximum atomic E-state index is 7.39. The minimum absolute atomic E-state index is 0.0397. The number of benzene rings is 8. The highest BCUT2D eigenvalue weighted by atomic mass is 16.6. The highest BCUT2D eigenvalue weighted by Crippen LogP contribution is 2.64. The van der Waals surface area contributed by atoms with E-state index in [1.54, 1.807) is 0 Å². The Bertz CT molecular complexity index is 3050. The van der Waals surface area contributed by atoms with E-state index in [4.69, 9.17) is 14.2 Å². The molecule has 8 aromatic carbocycles. The molecule has 4 atom stereocenters. The van der Waals surface area contributed by atoms with E-state index < -0.39 is 5.60 Å². The standard InChI is InChI=1S/C64H66O3/c1-8-11-37-61(5,6)67-44(4)43-65-64(58-28-20-18-26-54(58)56-40-46-22-14-16-24-48(46)42-60(56)64)50-31-35-52(36-32-50)66-51-33-29-49(30-34-51)63(62(7,10-3)38-12-9-2)57-27-19-17-25-53(57)55-39-45-21-13-15-23-47(45)41-59(55)63/h13-36,39-42,44H,8-12,37-38,43H2,1-7H3. The molecule has 4 unspecified atom stereocenters. The van der Waals surface area contributed by atoms with Gasteiger partial charge in [-0.2, -0.15) is 0 Å². The fraction of sp³-hybridized carbons (Fsp3) is 0.312. The third kappa shape index (κ3) is 7.60. The summed E-state index contributed by atoms with van der Waals surface area (Å²) in [5, 5.41) is 4.98. The van der Waals surface area contributed by atoms with Crippen LogP contribution in [-0.4, -0.2) is 18.3 Å². The zero-order chi connectivity index (χ0) is 46.4. The molecule has 3 heteroatoms. The van der Waals surface area contributed by atoms with Gasteiger partial charge in [0.2, 0.25) is 0 Å². The topological polar surface area (TPSA) is 27.7 Å². The molecule has 0 radical (unpaired) electrons. The molecule has 0 heterocycles. The third-order valence-corrected chi connectivity index (χ3v) is 15.5. The van der Waals surface area contributed by atoms with E-state index in [1.165, 1.54) is 66.9 Å². The van der Waals surface area contributed by atoms with Crippen LogP contribution in [-0.2, 0) is 20.5 Å². The summed E-state index contributed by atoms with van der Waals surface area (Å²) in [5.74, 6) is 1.60. The van der Waals surface area contributed by atoms with Crippen LogP contribution in [0.2, 0.25) is 0 Å². The molecule has 0 saturated carbocycles. The van der Waals surface area contributed by atoms with Gasteiger partial charge in [0, 0.05) is 11.1 Å². The van der Waals surface area contributed by atoms with Crippen molar-refractivity contribution in [3.63, 3.8) is 0 Å². The quantitative estimate of drug-likeness (QED) is 0.0912. The van der Waals surface area contributed by atoms with Crippen LogP contribution in [0.5, 0.6) is 11.5 Å². The van der Waals surface area contributed by atoms with Crippen molar-refractivity contribution in [2.75, 3.05) is 6.61 Å². The Morgan fingerprint density at radius 2 is 0.955 bits per heavy atom. The number of rotatable bonds is 17. The average Bonchev–Trinajstić information content (AvgIpc) is 3.80. The summed E-state index contributed by atoms with van der Waals surface area (Å²) in [4.78, 5) is 0. The maximum Gasteiger partial charge on any atom is 0.145 e. The molecule has 0 saturated heterocycles. The van der Waals surface area contributed by atoms with Gasteiger partial charge in [0.1, 0.15) is 17.1 Å². The van der Waals surface area contributed by atoms with Crippen molar-refractivity contribution in [2.24, 2.45) is 5.41 Å². The highest BCUT2D eigenvalue weighted by molar-refractivity contribution is 5.96. The zero-order valence-corrected chi connectivity index (χ0v) is 40.6. The van der Waals surface area contributed by atoms with Gasteiger partial charge < -0.3 is 14.2 Å². The minimum atomic E-state index is -0.849. The first-order valence-electron chi connectivity index (χ1n) is 25.0. The van der Waals surface area contributed by atoms with Crippen molar-refractivity contribution in [3.8, 4) is 33.8 Å². The van der Waals surface area contributed by atoms with Crippen molar-refractivity contribution >= 4 is 21.5 Å². The fourth-order valence-corrected chi connectivity index (χ4v) is 12.1. The number of ether oxygens (including phenoxy) is 3. The number of fused-ring (bicyclic) bond motifs is 8. The second-order valence-electron chi connectivity index (χ2n) is 20.3. The van der Waals surface area contributed by atoms with E-state index >= 15 is 0 Å². The smallest absolute Gasteiger partial charge is 0.145 e. The van der Waals surface area contributed by atoms with E-state index in [0.29, 0.717) is 6.61 Å². The second-order valence-corrected chi connectivity index (χ2v) is 20.3. The van der Waals surface area contributed by atoms with Crippen LogP contribution >= 0.6 is 0 Å². The van der Waals surface area contributed by atoms with Crippen LogP contribution in [0.25, 0.3) is 43.8 Å². The summed E-state index contributed by atoms with van der Waals surface area (Å²) in [6.07, 6.45) is 7.71. The molecule has 0 fully saturated rings. The van der Waals surface area contributed by atoms with Gasteiger partial charge in [0.15, 0.2) is 0 Å². The van der Waals surface area contributed by atoms with Crippen LogP contribution in [0.1, 0.15) is 127 Å². The molecule has 67 heavy (non-hydrogen) atoms. The number of hydrogen-bond donors (Lipinski definition) is 0. The monoisotopic (exact) mass is 883 g/mol. The Hall–Kier alpha value is -6.00. The van der Waals surface area contributed by atoms with Crippen LogP contribution in [0.3, 0.4) is 0 Å². The number of hydrogen-bond acceptors (Lipinski definition) is 3. The molecule has 0 amide bonds.